The summed E-state index contributed by atoms with van der Waals surface area (Å²) in [6.45, 7) is 4.99. The first-order valence-electron chi connectivity index (χ1n) is 12.7. The summed E-state index contributed by atoms with van der Waals surface area (Å²) in [7, 11) is 0. The van der Waals surface area contributed by atoms with E-state index in [1.807, 2.05) is 0 Å². The first-order chi connectivity index (χ1) is 17.8. The van der Waals surface area contributed by atoms with E-state index in [1.54, 1.807) is 13.8 Å². The summed E-state index contributed by atoms with van der Waals surface area (Å²) in [6, 6.07) is -0.972. The van der Waals surface area contributed by atoms with Gasteiger partial charge >= 0.3 is 0 Å². The van der Waals surface area contributed by atoms with Crippen LogP contribution in [-0.2, 0) is 28.5 Å². The van der Waals surface area contributed by atoms with Crippen LogP contribution >= 0.6 is 0 Å². The van der Waals surface area contributed by atoms with Crippen LogP contribution in [0.4, 0.5) is 0 Å². The van der Waals surface area contributed by atoms with Crippen LogP contribution in [-0.4, -0.2) is 152 Å². The Kier molecular flexibility index (Phi) is 10.8. The molecule has 0 aromatic carbocycles. The number of nitrogens with one attached hydrogen (secondary N) is 1. The number of hydrogen-bond donors (Lipinski definition) is 9. The molecule has 0 radical (unpaired) electrons. The van der Waals surface area contributed by atoms with E-state index in [1.165, 1.54) is 13.8 Å². The summed E-state index contributed by atoms with van der Waals surface area (Å²) in [6.07, 6.45) is -19.8. The van der Waals surface area contributed by atoms with Crippen molar-refractivity contribution in [1.29, 1.82) is 0 Å². The molecule has 0 aromatic heterocycles. The number of ether oxygens (including phenoxy) is 5. The molecule has 1 amide bonds. The molecule has 0 spiro atoms. The van der Waals surface area contributed by atoms with E-state index in [9.17, 15) is 45.6 Å². The minimum Gasteiger partial charge on any atom is -0.394 e. The van der Waals surface area contributed by atoms with Gasteiger partial charge in [-0.3, -0.25) is 4.79 Å². The van der Waals surface area contributed by atoms with Crippen molar-refractivity contribution in [1.82, 2.24) is 5.32 Å². The van der Waals surface area contributed by atoms with Crippen molar-refractivity contribution in [2.45, 2.75) is 120 Å². The Balaban J connectivity index is 1.98. The Bertz CT molecular complexity index is 772. The Labute approximate surface area is 219 Å². The fourth-order valence-electron chi connectivity index (χ4n) is 5.03. The van der Waals surface area contributed by atoms with Gasteiger partial charge in [0.2, 0.25) is 5.91 Å². The second kappa shape index (κ2) is 13.1. The Morgan fingerprint density at radius 1 is 0.763 bits per heavy atom. The van der Waals surface area contributed by atoms with Gasteiger partial charge in [-0.25, -0.2) is 0 Å². The van der Waals surface area contributed by atoms with E-state index in [-0.39, 0.29) is 5.92 Å². The molecule has 15 atom stereocenters. The van der Waals surface area contributed by atoms with Gasteiger partial charge in [-0.1, -0.05) is 13.8 Å². The summed E-state index contributed by atoms with van der Waals surface area (Å²) in [5.74, 6) is -0.704. The van der Waals surface area contributed by atoms with Crippen molar-refractivity contribution in [2.75, 3.05) is 13.2 Å². The summed E-state index contributed by atoms with van der Waals surface area (Å²) >= 11 is 0. The van der Waals surface area contributed by atoms with Crippen LogP contribution in [0.25, 0.3) is 0 Å². The van der Waals surface area contributed by atoms with E-state index < -0.39 is 111 Å². The number of carbonyl (C=O) groups is 1. The largest absolute Gasteiger partial charge is 0.394 e. The van der Waals surface area contributed by atoms with E-state index in [0.717, 1.165) is 0 Å². The van der Waals surface area contributed by atoms with Crippen LogP contribution in [0.3, 0.4) is 0 Å². The second-order valence-electron chi connectivity index (χ2n) is 10.4. The van der Waals surface area contributed by atoms with Crippen molar-refractivity contribution in [3.63, 3.8) is 0 Å². The molecular weight excluding hydrogens is 514 g/mol. The third-order valence-electron chi connectivity index (χ3n) is 7.18. The van der Waals surface area contributed by atoms with Crippen molar-refractivity contribution < 1.29 is 69.3 Å². The lowest BCUT2D eigenvalue weighted by Crippen LogP contribution is -2.70. The van der Waals surface area contributed by atoms with Crippen molar-refractivity contribution in [3.8, 4) is 0 Å². The van der Waals surface area contributed by atoms with Gasteiger partial charge in [-0.05, 0) is 12.8 Å². The zero-order valence-electron chi connectivity index (χ0n) is 21.7. The number of carbonyl (C=O) groups excluding carboxylic acids is 1. The monoisotopic (exact) mass is 555 g/mol. The highest BCUT2D eigenvalue weighted by Crippen LogP contribution is 2.35. The summed E-state index contributed by atoms with van der Waals surface area (Å²) in [5, 5.41) is 84.2. The van der Waals surface area contributed by atoms with Gasteiger partial charge in [0, 0.05) is 6.92 Å². The minimum absolute atomic E-state index is 0.233. The van der Waals surface area contributed by atoms with Gasteiger partial charge in [0.25, 0.3) is 0 Å². The highest BCUT2D eigenvalue weighted by atomic mass is 16.7. The lowest BCUT2D eigenvalue weighted by molar-refractivity contribution is -0.362. The summed E-state index contributed by atoms with van der Waals surface area (Å²) < 4.78 is 29.1. The summed E-state index contributed by atoms with van der Waals surface area (Å²) in [4.78, 5) is 12.2. The maximum absolute atomic E-state index is 12.2. The van der Waals surface area contributed by atoms with Gasteiger partial charge in [-0.2, -0.15) is 0 Å². The molecule has 0 aliphatic carbocycles. The molecule has 3 fully saturated rings. The average Bonchev–Trinajstić information content (AvgIpc) is 2.87. The van der Waals surface area contributed by atoms with Gasteiger partial charge in [0.1, 0.15) is 61.0 Å². The zero-order valence-corrected chi connectivity index (χ0v) is 21.7. The number of aliphatic hydroxyl groups is 8. The van der Waals surface area contributed by atoms with Crippen molar-refractivity contribution in [2.24, 2.45) is 5.92 Å². The smallest absolute Gasteiger partial charge is 0.217 e. The molecule has 38 heavy (non-hydrogen) atoms. The molecule has 3 aliphatic rings. The second-order valence-corrected chi connectivity index (χ2v) is 10.4. The number of rotatable bonds is 8. The molecule has 3 heterocycles. The van der Waals surface area contributed by atoms with E-state index in [2.05, 4.69) is 5.32 Å². The molecule has 3 aliphatic heterocycles. The lowest BCUT2D eigenvalue weighted by Gasteiger charge is -2.51. The van der Waals surface area contributed by atoms with Crippen LogP contribution in [0.5, 0.6) is 0 Å². The van der Waals surface area contributed by atoms with Crippen molar-refractivity contribution >= 4 is 5.91 Å². The van der Waals surface area contributed by atoms with Crippen LogP contribution in [0.2, 0.25) is 0 Å². The van der Waals surface area contributed by atoms with E-state index in [4.69, 9.17) is 23.7 Å². The summed E-state index contributed by atoms with van der Waals surface area (Å²) in [5.41, 5.74) is 0. The van der Waals surface area contributed by atoms with E-state index >= 15 is 0 Å². The molecule has 0 saturated carbocycles. The standard InChI is InChI=1S/C23H41NO14/c1-7(2)19-12(24-9(4)27)21(38-22-17(32)15(30)13(28)8(3)34-22)20(11(6-26)35-19)37-23-18(33)16(31)14(29)10(5-25)36-23/h7-8,10-23,25-26,28-33H,5-6H2,1-4H3,(H,24,27). The molecular formula is C23H41NO14. The first kappa shape index (κ1) is 31.5. The minimum atomic E-state index is -1.79. The fourth-order valence-corrected chi connectivity index (χ4v) is 5.03. The molecule has 0 bridgehead atoms. The van der Waals surface area contributed by atoms with Gasteiger partial charge in [0.15, 0.2) is 12.6 Å². The van der Waals surface area contributed by atoms with E-state index in [0.29, 0.717) is 0 Å². The third-order valence-corrected chi connectivity index (χ3v) is 7.18. The quantitative estimate of drug-likeness (QED) is 0.137. The van der Waals surface area contributed by atoms with Gasteiger partial charge < -0.3 is 69.9 Å². The Hall–Kier alpha value is -1.05. The van der Waals surface area contributed by atoms with Gasteiger partial charge in [0.05, 0.1) is 31.5 Å². The highest BCUT2D eigenvalue weighted by Gasteiger charge is 2.54. The molecule has 222 valence electrons. The highest BCUT2D eigenvalue weighted by molar-refractivity contribution is 5.73. The Morgan fingerprint density at radius 3 is 1.82 bits per heavy atom. The van der Waals surface area contributed by atoms with Crippen LogP contribution in [0.15, 0.2) is 0 Å². The predicted molar refractivity (Wildman–Crippen MR) is 124 cm³/mol. The molecule has 15 nitrogen and oxygen atoms in total. The molecule has 15 heteroatoms. The van der Waals surface area contributed by atoms with Crippen LogP contribution in [0.1, 0.15) is 27.7 Å². The fraction of sp³-hybridized carbons (Fsp3) is 0.957. The lowest BCUT2D eigenvalue weighted by atomic mass is 9.86. The van der Waals surface area contributed by atoms with Gasteiger partial charge in [-0.15, -0.1) is 0 Å². The molecule has 9 N–H and O–H groups in total. The molecule has 0 aromatic rings. The van der Waals surface area contributed by atoms with Crippen molar-refractivity contribution in [3.05, 3.63) is 0 Å². The maximum Gasteiger partial charge on any atom is 0.217 e. The molecule has 3 rings (SSSR count). The predicted octanol–water partition coefficient (Wildman–Crippen LogP) is -4.70. The third kappa shape index (κ3) is 6.46. The number of aliphatic hydroxyl groups excluding tert-OH is 8. The maximum atomic E-state index is 12.2. The SMILES string of the molecule is CC(=O)NC1C(C(C)C)OC(CO)C(OC2OC(CO)C(O)C(O)C2O)C1OC1OC(C)C(O)C(O)C1O. The number of hydrogen-bond acceptors (Lipinski definition) is 14. The zero-order chi connectivity index (χ0) is 28.5. The molecule has 15 unspecified atom stereocenters. The van der Waals surface area contributed by atoms with Crippen LogP contribution in [0, 0.1) is 5.92 Å². The van der Waals surface area contributed by atoms with Crippen LogP contribution < -0.4 is 5.32 Å². The molecule has 3 saturated heterocycles. The topological polar surface area (TPSA) is 237 Å². The number of amides is 1. The first-order valence-corrected chi connectivity index (χ1v) is 12.7. The normalized spacial score (nSPS) is 48.2. The Morgan fingerprint density at radius 2 is 1.29 bits per heavy atom. The average molecular weight is 556 g/mol.